The molecule has 0 saturated heterocycles. The normalized spacial score (nSPS) is 17.6. The van der Waals surface area contributed by atoms with Crippen LogP contribution in [0.5, 0.6) is 0 Å². The van der Waals surface area contributed by atoms with Crippen LogP contribution in [0.2, 0.25) is 0 Å². The smallest absolute Gasteiger partial charge is 0.339 e. The van der Waals surface area contributed by atoms with E-state index in [9.17, 15) is 9.90 Å². The molecule has 1 aliphatic carbocycles. The molecule has 2 rings (SSSR count). The van der Waals surface area contributed by atoms with E-state index in [1.807, 2.05) is 6.92 Å². The summed E-state index contributed by atoms with van der Waals surface area (Å²) in [4.78, 5) is 11.2. The minimum atomic E-state index is -0.852. The Bertz CT molecular complexity index is 398. The van der Waals surface area contributed by atoms with Crippen molar-refractivity contribution < 1.29 is 14.3 Å². The predicted octanol–water partition coefficient (Wildman–Crippen LogP) is 3.64. The summed E-state index contributed by atoms with van der Waals surface area (Å²) in [5, 5.41) is 9.23. The average Bonchev–Trinajstić information content (AvgIpc) is 2.55. The van der Waals surface area contributed by atoms with Gasteiger partial charge in [0, 0.05) is 5.56 Å². The van der Waals surface area contributed by atoms with Crippen LogP contribution in [0.1, 0.15) is 65.5 Å². The molecule has 0 aromatic carbocycles. The fourth-order valence-electron chi connectivity index (χ4n) is 2.85. The highest BCUT2D eigenvalue weighted by molar-refractivity contribution is 5.91. The molecule has 0 bridgehead atoms. The summed E-state index contributed by atoms with van der Waals surface area (Å²) >= 11 is 0. The molecule has 1 aromatic rings. The minimum Gasteiger partial charge on any atom is -0.478 e. The van der Waals surface area contributed by atoms with E-state index in [-0.39, 0.29) is 0 Å². The Morgan fingerprint density at radius 3 is 2.38 bits per heavy atom. The van der Waals surface area contributed by atoms with Crippen LogP contribution in [0.3, 0.4) is 0 Å². The molecular weight excluding hydrogens is 204 g/mol. The Kier molecular flexibility index (Phi) is 3.03. The molecule has 0 atom stereocenters. The van der Waals surface area contributed by atoms with E-state index in [0.717, 1.165) is 24.2 Å². The van der Waals surface area contributed by atoms with Crippen LogP contribution in [0.15, 0.2) is 4.42 Å². The van der Waals surface area contributed by atoms with Crippen LogP contribution in [-0.4, -0.2) is 11.1 Å². The van der Waals surface area contributed by atoms with Crippen molar-refractivity contribution in [2.24, 2.45) is 0 Å². The van der Waals surface area contributed by atoms with Crippen molar-refractivity contribution in [1.82, 2.24) is 0 Å². The zero-order chi connectivity index (χ0) is 11.7. The first kappa shape index (κ1) is 11.2. The Balaban J connectivity index is 2.41. The maximum atomic E-state index is 11.2. The number of carboxylic acids is 1. The van der Waals surface area contributed by atoms with Crippen LogP contribution in [0.4, 0.5) is 0 Å². The van der Waals surface area contributed by atoms with Crippen LogP contribution < -0.4 is 0 Å². The molecule has 0 unspecified atom stereocenters. The Labute approximate surface area is 95.5 Å². The van der Waals surface area contributed by atoms with Gasteiger partial charge in [0.15, 0.2) is 0 Å². The van der Waals surface area contributed by atoms with Gasteiger partial charge < -0.3 is 9.52 Å². The van der Waals surface area contributed by atoms with Gasteiger partial charge in [-0.05, 0) is 32.6 Å². The molecule has 0 spiro atoms. The molecule has 0 amide bonds. The van der Waals surface area contributed by atoms with Crippen molar-refractivity contribution >= 4 is 5.97 Å². The van der Waals surface area contributed by atoms with E-state index < -0.39 is 5.97 Å². The Hall–Kier alpha value is -1.25. The number of rotatable bonds is 2. The summed E-state index contributed by atoms with van der Waals surface area (Å²) in [5.74, 6) is 0.875. The van der Waals surface area contributed by atoms with Crippen LogP contribution in [0, 0.1) is 13.8 Å². The van der Waals surface area contributed by atoms with Crippen molar-refractivity contribution in [3.05, 3.63) is 22.6 Å². The molecule has 1 aromatic heterocycles. The molecule has 1 N–H and O–H groups in total. The summed E-state index contributed by atoms with van der Waals surface area (Å²) in [5.41, 5.74) is 1.36. The van der Waals surface area contributed by atoms with E-state index >= 15 is 0 Å². The molecule has 1 heterocycles. The largest absolute Gasteiger partial charge is 0.478 e. The lowest BCUT2D eigenvalue weighted by molar-refractivity contribution is 0.0693. The molecule has 1 aliphatic rings. The third-order valence-electron chi connectivity index (χ3n) is 3.53. The van der Waals surface area contributed by atoms with Crippen molar-refractivity contribution in [2.75, 3.05) is 0 Å². The SMILES string of the molecule is Cc1oc(C)c(C2CCCCC2)c1C(=O)O. The summed E-state index contributed by atoms with van der Waals surface area (Å²) in [6.45, 7) is 3.62. The van der Waals surface area contributed by atoms with E-state index in [0.29, 0.717) is 17.2 Å². The number of aromatic carboxylic acids is 1. The number of hydrogen-bond acceptors (Lipinski definition) is 2. The topological polar surface area (TPSA) is 50.4 Å². The van der Waals surface area contributed by atoms with E-state index in [4.69, 9.17) is 4.42 Å². The van der Waals surface area contributed by atoms with Crippen molar-refractivity contribution in [2.45, 2.75) is 51.9 Å². The molecule has 3 heteroatoms. The Morgan fingerprint density at radius 2 is 1.81 bits per heavy atom. The second-order valence-corrected chi connectivity index (χ2v) is 4.64. The number of carboxylic acid groups (broad SMARTS) is 1. The average molecular weight is 222 g/mol. The number of aryl methyl sites for hydroxylation is 2. The van der Waals surface area contributed by atoms with E-state index in [1.54, 1.807) is 6.92 Å². The second kappa shape index (κ2) is 4.32. The van der Waals surface area contributed by atoms with Gasteiger partial charge in [-0.15, -0.1) is 0 Å². The predicted molar refractivity (Wildman–Crippen MR) is 61.0 cm³/mol. The quantitative estimate of drug-likeness (QED) is 0.831. The molecule has 0 radical (unpaired) electrons. The number of carbonyl (C=O) groups is 1. The van der Waals surface area contributed by atoms with Crippen LogP contribution in [0.25, 0.3) is 0 Å². The van der Waals surface area contributed by atoms with Crippen molar-refractivity contribution in [3.8, 4) is 0 Å². The zero-order valence-corrected chi connectivity index (χ0v) is 9.88. The summed E-state index contributed by atoms with van der Waals surface area (Å²) in [7, 11) is 0. The van der Waals surface area contributed by atoms with Gasteiger partial charge in [0.1, 0.15) is 17.1 Å². The summed E-state index contributed by atoms with van der Waals surface area (Å²) in [6, 6.07) is 0. The molecular formula is C13H18O3. The highest BCUT2D eigenvalue weighted by Gasteiger charge is 2.27. The molecule has 1 fully saturated rings. The molecule has 1 saturated carbocycles. The number of hydrogen-bond donors (Lipinski definition) is 1. The molecule has 16 heavy (non-hydrogen) atoms. The zero-order valence-electron chi connectivity index (χ0n) is 9.88. The van der Waals surface area contributed by atoms with Crippen LogP contribution >= 0.6 is 0 Å². The van der Waals surface area contributed by atoms with Crippen molar-refractivity contribution in [3.63, 3.8) is 0 Å². The fourth-order valence-corrected chi connectivity index (χ4v) is 2.85. The van der Waals surface area contributed by atoms with Crippen LogP contribution in [-0.2, 0) is 0 Å². The lowest BCUT2D eigenvalue weighted by Gasteiger charge is -2.21. The van der Waals surface area contributed by atoms with Gasteiger partial charge in [0.2, 0.25) is 0 Å². The number of furan rings is 1. The van der Waals surface area contributed by atoms with E-state index in [1.165, 1.54) is 19.3 Å². The molecule has 88 valence electrons. The third-order valence-corrected chi connectivity index (χ3v) is 3.53. The Morgan fingerprint density at radius 1 is 1.19 bits per heavy atom. The van der Waals surface area contributed by atoms with Gasteiger partial charge in [-0.1, -0.05) is 19.3 Å². The lowest BCUT2D eigenvalue weighted by Crippen LogP contribution is -2.10. The lowest BCUT2D eigenvalue weighted by atomic mass is 9.82. The van der Waals surface area contributed by atoms with Gasteiger partial charge in [-0.2, -0.15) is 0 Å². The first-order valence-corrected chi connectivity index (χ1v) is 5.94. The minimum absolute atomic E-state index is 0.386. The highest BCUT2D eigenvalue weighted by atomic mass is 16.4. The van der Waals surface area contributed by atoms with Gasteiger partial charge in [0.25, 0.3) is 0 Å². The van der Waals surface area contributed by atoms with Crippen molar-refractivity contribution in [1.29, 1.82) is 0 Å². The van der Waals surface area contributed by atoms with Gasteiger partial charge in [0.05, 0.1) is 0 Å². The second-order valence-electron chi connectivity index (χ2n) is 4.64. The van der Waals surface area contributed by atoms with Gasteiger partial charge >= 0.3 is 5.97 Å². The summed E-state index contributed by atoms with van der Waals surface area (Å²) in [6.07, 6.45) is 5.87. The molecule has 0 aliphatic heterocycles. The molecule has 3 nitrogen and oxygen atoms in total. The van der Waals surface area contributed by atoms with E-state index in [2.05, 4.69) is 0 Å². The standard InChI is InChI=1S/C13H18O3/c1-8-11(10-6-4-3-5-7-10)12(13(14)15)9(2)16-8/h10H,3-7H2,1-2H3,(H,14,15). The monoisotopic (exact) mass is 222 g/mol. The highest BCUT2D eigenvalue weighted by Crippen LogP contribution is 2.38. The first-order valence-electron chi connectivity index (χ1n) is 5.94. The maximum Gasteiger partial charge on any atom is 0.339 e. The first-order chi connectivity index (χ1) is 7.61. The third kappa shape index (κ3) is 1.86. The summed E-state index contributed by atoms with van der Waals surface area (Å²) < 4.78 is 5.48. The maximum absolute atomic E-state index is 11.2. The van der Waals surface area contributed by atoms with Gasteiger partial charge in [-0.25, -0.2) is 4.79 Å². The fraction of sp³-hybridized carbons (Fsp3) is 0.615. The van der Waals surface area contributed by atoms with Gasteiger partial charge in [-0.3, -0.25) is 0 Å².